The van der Waals surface area contributed by atoms with Crippen molar-refractivity contribution in [1.82, 2.24) is 9.97 Å². The number of nitrogens with one attached hydrogen (secondary N) is 4. The second kappa shape index (κ2) is 11.8. The molecular weight excluding hydrogens is 486 g/mol. The van der Waals surface area contributed by atoms with Crippen LogP contribution in [0.1, 0.15) is 44.1 Å². The zero-order valence-corrected chi connectivity index (χ0v) is 21.3. The fraction of sp³-hybridized carbons (Fsp3) is 0.500. The topological polar surface area (TPSA) is 126 Å². The van der Waals surface area contributed by atoms with Crippen LogP contribution in [0, 0.1) is 12.8 Å². The van der Waals surface area contributed by atoms with Crippen LogP contribution in [0.25, 0.3) is 0 Å². The minimum atomic E-state index is -0.219. The number of halogens is 1. The first-order valence-electron chi connectivity index (χ1n) is 12.0. The van der Waals surface area contributed by atoms with Crippen LogP contribution in [0.15, 0.2) is 24.4 Å². The predicted molar refractivity (Wildman–Crippen MR) is 144 cm³/mol. The lowest BCUT2D eigenvalue weighted by Gasteiger charge is -2.29. The van der Waals surface area contributed by atoms with Crippen molar-refractivity contribution >= 4 is 58.0 Å². The fourth-order valence-corrected chi connectivity index (χ4v) is 4.81. The Morgan fingerprint density at radius 3 is 2.46 bits per heavy atom. The van der Waals surface area contributed by atoms with E-state index in [1.807, 2.05) is 25.1 Å². The maximum Gasteiger partial charge on any atom is 0.224 e. The minimum Gasteiger partial charge on any atom is -0.381 e. The number of benzene rings is 1. The van der Waals surface area contributed by atoms with Gasteiger partial charge in [0.1, 0.15) is 5.69 Å². The molecule has 1 aromatic carbocycles. The van der Waals surface area contributed by atoms with Gasteiger partial charge >= 0.3 is 0 Å². The molecular formula is C24H32ClN7O2S. The van der Waals surface area contributed by atoms with Gasteiger partial charge in [-0.25, -0.2) is 4.98 Å². The molecule has 0 unspecified atom stereocenters. The number of hydrogen-bond donors (Lipinski definition) is 5. The molecule has 0 radical (unpaired) electrons. The first kappa shape index (κ1) is 25.4. The van der Waals surface area contributed by atoms with Crippen molar-refractivity contribution in [1.29, 1.82) is 0 Å². The number of primary amides is 1. The zero-order chi connectivity index (χ0) is 24.8. The van der Waals surface area contributed by atoms with Crippen molar-refractivity contribution in [2.24, 2.45) is 11.7 Å². The first-order valence-corrected chi connectivity index (χ1v) is 12.8. The molecule has 2 aromatic rings. The zero-order valence-electron chi connectivity index (χ0n) is 19.8. The summed E-state index contributed by atoms with van der Waals surface area (Å²) in [6.07, 6.45) is 6.76. The van der Waals surface area contributed by atoms with E-state index in [2.05, 4.69) is 26.3 Å². The Hall–Kier alpha value is -2.69. The highest BCUT2D eigenvalue weighted by molar-refractivity contribution is 7.80. The maximum absolute atomic E-state index is 11.5. The molecule has 1 aliphatic heterocycles. The fourth-order valence-electron chi connectivity index (χ4n) is 4.41. The summed E-state index contributed by atoms with van der Waals surface area (Å²) in [5, 5.41) is 14.5. The summed E-state index contributed by atoms with van der Waals surface area (Å²) < 4.78 is 5.45. The molecule has 1 aromatic heterocycles. The van der Waals surface area contributed by atoms with Gasteiger partial charge in [-0.1, -0.05) is 17.7 Å². The molecule has 9 nitrogen and oxygen atoms in total. The first-order chi connectivity index (χ1) is 16.9. The summed E-state index contributed by atoms with van der Waals surface area (Å²) in [6, 6.07) is 6.08. The lowest BCUT2D eigenvalue weighted by atomic mass is 9.85. The molecule has 0 spiro atoms. The second-order valence-corrected chi connectivity index (χ2v) is 9.89. The van der Waals surface area contributed by atoms with Gasteiger partial charge in [0.05, 0.1) is 6.20 Å². The lowest BCUT2D eigenvalue weighted by molar-refractivity contribution is -0.122. The predicted octanol–water partition coefficient (Wildman–Crippen LogP) is 4.29. The number of ether oxygens (including phenoxy) is 1. The highest BCUT2D eigenvalue weighted by Crippen LogP contribution is 2.29. The lowest BCUT2D eigenvalue weighted by Crippen LogP contribution is -2.33. The van der Waals surface area contributed by atoms with Crippen LogP contribution >= 0.6 is 23.8 Å². The minimum absolute atomic E-state index is 0.0560. The number of amides is 1. The number of aromatic nitrogens is 2. The van der Waals surface area contributed by atoms with E-state index in [0.29, 0.717) is 27.6 Å². The molecule has 2 heterocycles. The van der Waals surface area contributed by atoms with Gasteiger partial charge in [-0.2, -0.15) is 4.98 Å². The molecule has 1 saturated carbocycles. The third kappa shape index (κ3) is 6.93. The highest BCUT2D eigenvalue weighted by Gasteiger charge is 2.26. The van der Waals surface area contributed by atoms with Crippen LogP contribution < -0.4 is 27.0 Å². The monoisotopic (exact) mass is 517 g/mol. The summed E-state index contributed by atoms with van der Waals surface area (Å²) in [6.45, 7) is 3.39. The number of hydrogen-bond acceptors (Lipinski definition) is 7. The molecule has 6 N–H and O–H groups in total. The van der Waals surface area contributed by atoms with E-state index in [-0.39, 0.29) is 23.9 Å². The Morgan fingerprint density at radius 1 is 1.06 bits per heavy atom. The summed E-state index contributed by atoms with van der Waals surface area (Å²) in [4.78, 5) is 20.8. The van der Waals surface area contributed by atoms with E-state index in [4.69, 9.17) is 39.3 Å². The molecule has 188 valence electrons. The van der Waals surface area contributed by atoms with Crippen molar-refractivity contribution in [2.45, 2.75) is 57.5 Å². The maximum atomic E-state index is 11.5. The number of nitrogens with two attached hydrogens (primary N) is 1. The quantitative estimate of drug-likeness (QED) is 0.342. The molecule has 1 amide bonds. The van der Waals surface area contributed by atoms with E-state index >= 15 is 0 Å². The summed E-state index contributed by atoms with van der Waals surface area (Å²) in [5.41, 5.74) is 7.90. The smallest absolute Gasteiger partial charge is 0.224 e. The van der Waals surface area contributed by atoms with Crippen LogP contribution in [-0.4, -0.2) is 46.3 Å². The van der Waals surface area contributed by atoms with Gasteiger partial charge in [0.2, 0.25) is 11.9 Å². The highest BCUT2D eigenvalue weighted by atomic mass is 35.5. The van der Waals surface area contributed by atoms with E-state index in [1.165, 1.54) is 0 Å². The Morgan fingerprint density at radius 2 is 1.74 bits per heavy atom. The Labute approximate surface area is 216 Å². The van der Waals surface area contributed by atoms with Crippen LogP contribution in [0.2, 0.25) is 5.02 Å². The van der Waals surface area contributed by atoms with Crippen molar-refractivity contribution in [3.05, 3.63) is 35.0 Å². The number of thiocarbonyl (C=S) groups is 1. The van der Waals surface area contributed by atoms with Gasteiger partial charge in [-0.05, 0) is 75.4 Å². The normalized spacial score (nSPS) is 20.6. The van der Waals surface area contributed by atoms with Crippen molar-refractivity contribution in [3.8, 4) is 0 Å². The van der Waals surface area contributed by atoms with E-state index in [1.54, 1.807) is 6.20 Å². The molecule has 1 aliphatic carbocycles. The van der Waals surface area contributed by atoms with Gasteiger partial charge in [0.25, 0.3) is 0 Å². The van der Waals surface area contributed by atoms with Gasteiger partial charge in [0, 0.05) is 41.9 Å². The molecule has 4 rings (SSSR count). The van der Waals surface area contributed by atoms with Crippen molar-refractivity contribution in [2.75, 3.05) is 34.5 Å². The third-order valence-electron chi connectivity index (χ3n) is 6.58. The van der Waals surface area contributed by atoms with E-state index < -0.39 is 0 Å². The van der Waals surface area contributed by atoms with E-state index in [9.17, 15) is 4.79 Å². The third-order valence-corrected chi connectivity index (χ3v) is 7.19. The summed E-state index contributed by atoms with van der Waals surface area (Å²) in [7, 11) is 0. The number of nitrogens with zero attached hydrogens (tertiary/aromatic N) is 2. The molecule has 0 atom stereocenters. The average molecular weight is 518 g/mol. The number of carbonyl (C=O) groups excluding carboxylic acids is 1. The van der Waals surface area contributed by atoms with Gasteiger partial charge in [-0.3, -0.25) is 4.79 Å². The largest absolute Gasteiger partial charge is 0.381 e. The molecule has 1 saturated heterocycles. The number of anilines is 4. The van der Waals surface area contributed by atoms with Crippen LogP contribution in [0.3, 0.4) is 0 Å². The van der Waals surface area contributed by atoms with Gasteiger partial charge in [0.15, 0.2) is 10.9 Å². The van der Waals surface area contributed by atoms with Crippen LogP contribution in [0.5, 0.6) is 0 Å². The molecule has 0 bridgehead atoms. The summed E-state index contributed by atoms with van der Waals surface area (Å²) >= 11 is 11.8. The molecule has 2 fully saturated rings. The van der Waals surface area contributed by atoms with Gasteiger partial charge in [-0.15, -0.1) is 0 Å². The van der Waals surface area contributed by atoms with Gasteiger partial charge < -0.3 is 31.7 Å². The SMILES string of the molecule is Cc1c(Cl)cccc1NC(=S)Nc1cnc(NC2CCOCC2)nc1N[C@H]1CC[C@H](C(N)=O)CC1. The van der Waals surface area contributed by atoms with E-state index in [0.717, 1.165) is 63.0 Å². The Kier molecular flexibility index (Phi) is 8.59. The molecule has 2 aliphatic rings. The average Bonchev–Trinajstić information content (AvgIpc) is 2.84. The molecule has 35 heavy (non-hydrogen) atoms. The van der Waals surface area contributed by atoms with Crippen LogP contribution in [0.4, 0.5) is 23.1 Å². The van der Waals surface area contributed by atoms with Crippen molar-refractivity contribution in [3.63, 3.8) is 0 Å². The standard InChI is InChI=1S/C24H32ClN7O2S/c1-14-18(25)3-2-4-19(14)30-24(35)31-20-13-27-23(29-17-9-11-34-12-10-17)32-22(20)28-16-7-5-15(6-8-16)21(26)33/h2-4,13,15-17H,5-12H2,1H3,(H2,26,33)(H2,30,31,35)(H2,27,28,29,32)/t15-,16-. The summed E-state index contributed by atoms with van der Waals surface area (Å²) in [5.74, 6) is 0.937. The van der Waals surface area contributed by atoms with Crippen LogP contribution in [-0.2, 0) is 9.53 Å². The number of rotatable bonds is 7. The van der Waals surface area contributed by atoms with Crippen molar-refractivity contribution < 1.29 is 9.53 Å². The Balaban J connectivity index is 1.48. The Bertz CT molecular complexity index is 1060. The number of carbonyl (C=O) groups is 1. The molecule has 11 heteroatoms. The second-order valence-electron chi connectivity index (χ2n) is 9.07.